The molecule has 1 aliphatic heterocycles. The molecule has 0 unspecified atom stereocenters. The number of aromatic nitrogens is 1. The molecule has 8 heteroatoms. The molecule has 2 rings (SSSR count). The maximum absolute atomic E-state index is 11.9. The van der Waals surface area contributed by atoms with E-state index in [0.29, 0.717) is 39.3 Å². The fraction of sp³-hybridized carbons (Fsp3) is 0.615. The van der Waals surface area contributed by atoms with Crippen molar-refractivity contribution < 1.29 is 23.5 Å². The minimum absolute atomic E-state index is 0.0583. The fourth-order valence-corrected chi connectivity index (χ4v) is 1.90. The molecule has 1 N–H and O–H groups in total. The number of carbonyl (C=O) groups is 2. The zero-order chi connectivity index (χ0) is 15.1. The molecule has 0 bridgehead atoms. The first kappa shape index (κ1) is 15.3. The Morgan fingerprint density at radius 3 is 2.90 bits per heavy atom. The van der Waals surface area contributed by atoms with Gasteiger partial charge < -0.3 is 24.1 Å². The molecular weight excluding hydrogens is 278 g/mol. The summed E-state index contributed by atoms with van der Waals surface area (Å²) in [4.78, 5) is 29.0. The number of nitrogens with one attached hydrogen (secondary N) is 1. The summed E-state index contributed by atoms with van der Waals surface area (Å²) in [5, 5.41) is 2.87. The predicted molar refractivity (Wildman–Crippen MR) is 73.0 cm³/mol. The SMILES string of the molecule is CCOC(=O)c1coc(NCCC(=O)N2CCOCC2)n1. The van der Waals surface area contributed by atoms with Gasteiger partial charge in [-0.05, 0) is 6.92 Å². The van der Waals surface area contributed by atoms with E-state index in [4.69, 9.17) is 13.9 Å². The van der Waals surface area contributed by atoms with E-state index in [1.807, 2.05) is 0 Å². The number of nitrogens with zero attached hydrogens (tertiary/aromatic N) is 2. The smallest absolute Gasteiger partial charge is 0.360 e. The lowest BCUT2D eigenvalue weighted by atomic mass is 10.3. The van der Waals surface area contributed by atoms with Gasteiger partial charge in [-0.1, -0.05) is 0 Å². The van der Waals surface area contributed by atoms with Gasteiger partial charge in [-0.3, -0.25) is 4.79 Å². The lowest BCUT2D eigenvalue weighted by molar-refractivity contribution is -0.134. The Morgan fingerprint density at radius 2 is 2.19 bits per heavy atom. The lowest BCUT2D eigenvalue weighted by Crippen LogP contribution is -2.41. The van der Waals surface area contributed by atoms with Crippen LogP contribution < -0.4 is 5.32 Å². The van der Waals surface area contributed by atoms with E-state index >= 15 is 0 Å². The van der Waals surface area contributed by atoms with Crippen molar-refractivity contribution in [2.24, 2.45) is 0 Å². The molecule has 0 radical (unpaired) electrons. The van der Waals surface area contributed by atoms with E-state index in [2.05, 4.69) is 10.3 Å². The highest BCUT2D eigenvalue weighted by molar-refractivity contribution is 5.87. The number of hydrogen-bond donors (Lipinski definition) is 1. The maximum atomic E-state index is 11.9. The number of morpholine rings is 1. The van der Waals surface area contributed by atoms with Crippen molar-refractivity contribution in [1.82, 2.24) is 9.88 Å². The molecule has 0 spiro atoms. The van der Waals surface area contributed by atoms with Crippen LogP contribution in [0.15, 0.2) is 10.7 Å². The molecule has 0 aliphatic carbocycles. The summed E-state index contributed by atoms with van der Waals surface area (Å²) >= 11 is 0. The minimum Gasteiger partial charge on any atom is -0.461 e. The van der Waals surface area contributed by atoms with Crippen LogP contribution in [0, 0.1) is 0 Å². The third kappa shape index (κ3) is 4.45. The molecule has 1 fully saturated rings. The van der Waals surface area contributed by atoms with Gasteiger partial charge in [0, 0.05) is 26.1 Å². The maximum Gasteiger partial charge on any atom is 0.360 e. The van der Waals surface area contributed by atoms with Gasteiger partial charge in [0.2, 0.25) is 5.91 Å². The number of carbonyl (C=O) groups excluding carboxylic acids is 2. The molecule has 1 aromatic rings. The van der Waals surface area contributed by atoms with Crippen LogP contribution in [-0.2, 0) is 14.3 Å². The summed E-state index contributed by atoms with van der Waals surface area (Å²) < 4.78 is 15.1. The molecule has 0 saturated carbocycles. The van der Waals surface area contributed by atoms with Crippen LogP contribution in [0.4, 0.5) is 6.01 Å². The highest BCUT2D eigenvalue weighted by Crippen LogP contribution is 2.09. The van der Waals surface area contributed by atoms with Crippen molar-refractivity contribution >= 4 is 17.9 Å². The van der Waals surface area contributed by atoms with E-state index in [0.717, 1.165) is 0 Å². The van der Waals surface area contributed by atoms with Crippen LogP contribution in [0.1, 0.15) is 23.8 Å². The minimum atomic E-state index is -0.529. The van der Waals surface area contributed by atoms with Crippen molar-refractivity contribution in [2.75, 3.05) is 44.8 Å². The Bertz CT molecular complexity index is 482. The van der Waals surface area contributed by atoms with Gasteiger partial charge in [-0.15, -0.1) is 0 Å². The first-order chi connectivity index (χ1) is 10.2. The van der Waals surface area contributed by atoms with E-state index in [-0.39, 0.29) is 24.2 Å². The second-order valence-corrected chi connectivity index (χ2v) is 4.43. The summed E-state index contributed by atoms with van der Waals surface area (Å²) in [6.45, 7) is 4.81. The molecule has 8 nitrogen and oxygen atoms in total. The van der Waals surface area contributed by atoms with E-state index in [9.17, 15) is 9.59 Å². The summed E-state index contributed by atoms with van der Waals surface area (Å²) in [5.41, 5.74) is 0.110. The quantitative estimate of drug-likeness (QED) is 0.765. The molecule has 2 heterocycles. The first-order valence-electron chi connectivity index (χ1n) is 6.92. The predicted octanol–water partition coefficient (Wildman–Crippen LogP) is 0.512. The fourth-order valence-electron chi connectivity index (χ4n) is 1.90. The third-order valence-corrected chi connectivity index (χ3v) is 2.97. The topological polar surface area (TPSA) is 93.9 Å². The molecule has 1 saturated heterocycles. The van der Waals surface area contributed by atoms with Gasteiger partial charge in [0.15, 0.2) is 5.69 Å². The molecule has 116 valence electrons. The van der Waals surface area contributed by atoms with E-state index in [1.165, 1.54) is 6.26 Å². The molecule has 1 aliphatic rings. The second kappa shape index (κ2) is 7.63. The standard InChI is InChI=1S/C13H19N3O5/c1-2-20-12(18)10-9-21-13(15-10)14-4-3-11(17)16-5-7-19-8-6-16/h9H,2-8H2,1H3,(H,14,15). The molecule has 1 aromatic heterocycles. The summed E-state index contributed by atoms with van der Waals surface area (Å²) in [6, 6.07) is 0.202. The normalized spacial score (nSPS) is 14.8. The Labute approximate surface area is 122 Å². The van der Waals surface area contributed by atoms with E-state index in [1.54, 1.807) is 11.8 Å². The summed E-state index contributed by atoms with van der Waals surface area (Å²) in [7, 11) is 0. The van der Waals surface area contributed by atoms with Crippen molar-refractivity contribution in [2.45, 2.75) is 13.3 Å². The van der Waals surface area contributed by atoms with E-state index < -0.39 is 5.97 Å². The van der Waals surface area contributed by atoms with Gasteiger partial charge in [0.1, 0.15) is 6.26 Å². The molecule has 0 atom stereocenters. The Hall–Kier alpha value is -2.09. The monoisotopic (exact) mass is 297 g/mol. The number of rotatable bonds is 6. The zero-order valence-electron chi connectivity index (χ0n) is 12.0. The van der Waals surface area contributed by atoms with Crippen LogP contribution in [0.5, 0.6) is 0 Å². The van der Waals surface area contributed by atoms with Crippen molar-refractivity contribution in [3.05, 3.63) is 12.0 Å². The van der Waals surface area contributed by atoms with Gasteiger partial charge in [-0.2, -0.15) is 4.98 Å². The van der Waals surface area contributed by atoms with Gasteiger partial charge in [0.25, 0.3) is 6.01 Å². The number of oxazole rings is 1. The lowest BCUT2D eigenvalue weighted by Gasteiger charge is -2.26. The number of anilines is 1. The van der Waals surface area contributed by atoms with Crippen LogP contribution in [0.3, 0.4) is 0 Å². The van der Waals surface area contributed by atoms with Crippen LogP contribution in [-0.4, -0.2) is 61.2 Å². The van der Waals surface area contributed by atoms with Crippen LogP contribution in [0.25, 0.3) is 0 Å². The van der Waals surface area contributed by atoms with Crippen LogP contribution in [0.2, 0.25) is 0 Å². The largest absolute Gasteiger partial charge is 0.461 e. The Morgan fingerprint density at radius 1 is 1.43 bits per heavy atom. The van der Waals surface area contributed by atoms with Gasteiger partial charge >= 0.3 is 5.97 Å². The highest BCUT2D eigenvalue weighted by Gasteiger charge is 2.17. The zero-order valence-corrected chi connectivity index (χ0v) is 12.0. The highest BCUT2D eigenvalue weighted by atomic mass is 16.5. The first-order valence-corrected chi connectivity index (χ1v) is 6.92. The number of ether oxygens (including phenoxy) is 2. The van der Waals surface area contributed by atoms with Crippen molar-refractivity contribution in [3.63, 3.8) is 0 Å². The van der Waals surface area contributed by atoms with Crippen molar-refractivity contribution in [3.8, 4) is 0 Å². The Kier molecular flexibility index (Phi) is 5.56. The molecular formula is C13H19N3O5. The van der Waals surface area contributed by atoms with Gasteiger partial charge in [-0.25, -0.2) is 4.79 Å². The molecule has 1 amide bonds. The van der Waals surface area contributed by atoms with Crippen LogP contribution >= 0.6 is 0 Å². The Balaban J connectivity index is 1.73. The number of hydrogen-bond acceptors (Lipinski definition) is 7. The summed E-state index contributed by atoms with van der Waals surface area (Å²) in [6.07, 6.45) is 1.56. The average molecular weight is 297 g/mol. The number of esters is 1. The summed E-state index contributed by atoms with van der Waals surface area (Å²) in [5.74, 6) is -0.471. The number of amides is 1. The van der Waals surface area contributed by atoms with Gasteiger partial charge in [0.05, 0.1) is 19.8 Å². The second-order valence-electron chi connectivity index (χ2n) is 4.43. The molecule has 0 aromatic carbocycles. The van der Waals surface area contributed by atoms with Crippen molar-refractivity contribution in [1.29, 1.82) is 0 Å². The third-order valence-electron chi connectivity index (χ3n) is 2.97. The average Bonchev–Trinajstić information content (AvgIpc) is 2.97. The molecule has 21 heavy (non-hydrogen) atoms.